The molecule has 0 radical (unpaired) electrons. The van der Waals surface area contributed by atoms with Crippen molar-refractivity contribution in [2.24, 2.45) is 23.5 Å². The normalized spacial score (nSPS) is 39.8. The molecular formula is C16H30N2O. The van der Waals surface area contributed by atoms with Gasteiger partial charge in [0, 0.05) is 18.0 Å². The summed E-state index contributed by atoms with van der Waals surface area (Å²) in [6.07, 6.45) is 9.27. The third-order valence-electron chi connectivity index (χ3n) is 5.33. The highest BCUT2D eigenvalue weighted by atomic mass is 16.2. The van der Waals surface area contributed by atoms with Crippen LogP contribution < -0.4 is 11.1 Å². The molecule has 3 nitrogen and oxygen atoms in total. The van der Waals surface area contributed by atoms with Crippen molar-refractivity contribution in [1.82, 2.24) is 5.32 Å². The standard InChI is InChI=1S/C16H30N2O/c1-3-12-6-4-5-7-15(12)18-16(19)14-10-13(17)9-8-11(14)2/h11-15H,3-10,17H2,1-2H3,(H,18,19). The molecule has 0 aromatic heterocycles. The molecule has 2 rings (SSSR count). The van der Waals surface area contributed by atoms with Crippen molar-refractivity contribution in [2.45, 2.75) is 77.3 Å². The summed E-state index contributed by atoms with van der Waals surface area (Å²) in [5.74, 6) is 1.59. The van der Waals surface area contributed by atoms with Crippen LogP contribution in [0.2, 0.25) is 0 Å². The van der Waals surface area contributed by atoms with Crippen molar-refractivity contribution in [3.63, 3.8) is 0 Å². The zero-order valence-electron chi connectivity index (χ0n) is 12.5. The Morgan fingerprint density at radius 2 is 1.95 bits per heavy atom. The van der Waals surface area contributed by atoms with Gasteiger partial charge in [0.2, 0.25) is 5.91 Å². The second-order valence-electron chi connectivity index (χ2n) is 6.72. The topological polar surface area (TPSA) is 55.1 Å². The van der Waals surface area contributed by atoms with Crippen molar-refractivity contribution in [3.8, 4) is 0 Å². The Balaban J connectivity index is 1.91. The van der Waals surface area contributed by atoms with Crippen LogP contribution in [0.15, 0.2) is 0 Å². The van der Waals surface area contributed by atoms with Gasteiger partial charge in [-0.2, -0.15) is 0 Å². The zero-order valence-corrected chi connectivity index (χ0v) is 12.5. The van der Waals surface area contributed by atoms with E-state index in [1.54, 1.807) is 0 Å². The summed E-state index contributed by atoms with van der Waals surface area (Å²) in [5, 5.41) is 3.35. The van der Waals surface area contributed by atoms with E-state index in [0.29, 0.717) is 17.9 Å². The predicted molar refractivity (Wildman–Crippen MR) is 78.7 cm³/mol. The first-order valence-electron chi connectivity index (χ1n) is 8.17. The molecule has 19 heavy (non-hydrogen) atoms. The highest BCUT2D eigenvalue weighted by Crippen LogP contribution is 2.31. The summed E-state index contributed by atoms with van der Waals surface area (Å²) < 4.78 is 0. The van der Waals surface area contributed by atoms with Gasteiger partial charge in [0.1, 0.15) is 0 Å². The van der Waals surface area contributed by atoms with E-state index in [0.717, 1.165) is 25.7 Å². The number of nitrogens with two attached hydrogens (primary N) is 1. The van der Waals surface area contributed by atoms with E-state index in [1.807, 2.05) is 0 Å². The first kappa shape index (κ1) is 14.8. The number of carbonyl (C=O) groups excluding carboxylic acids is 1. The maximum atomic E-state index is 12.5. The summed E-state index contributed by atoms with van der Waals surface area (Å²) in [5.41, 5.74) is 6.03. The lowest BCUT2D eigenvalue weighted by Crippen LogP contribution is -2.48. The second kappa shape index (κ2) is 6.74. The molecule has 2 aliphatic rings. The molecule has 5 atom stereocenters. The Morgan fingerprint density at radius 1 is 1.21 bits per heavy atom. The highest BCUT2D eigenvalue weighted by Gasteiger charge is 2.33. The van der Waals surface area contributed by atoms with E-state index < -0.39 is 0 Å². The number of rotatable bonds is 3. The summed E-state index contributed by atoms with van der Waals surface area (Å²) in [4.78, 5) is 12.5. The van der Waals surface area contributed by atoms with Gasteiger partial charge in [0.05, 0.1) is 0 Å². The molecule has 3 N–H and O–H groups in total. The molecule has 0 bridgehead atoms. The fourth-order valence-corrected chi connectivity index (χ4v) is 3.90. The maximum absolute atomic E-state index is 12.5. The number of carbonyl (C=O) groups is 1. The van der Waals surface area contributed by atoms with Crippen LogP contribution in [-0.4, -0.2) is 18.0 Å². The fraction of sp³-hybridized carbons (Fsp3) is 0.938. The van der Waals surface area contributed by atoms with E-state index >= 15 is 0 Å². The van der Waals surface area contributed by atoms with E-state index in [4.69, 9.17) is 5.73 Å². The quantitative estimate of drug-likeness (QED) is 0.825. The average molecular weight is 266 g/mol. The lowest BCUT2D eigenvalue weighted by Gasteiger charge is -2.36. The molecule has 0 aromatic rings. The molecule has 2 aliphatic carbocycles. The molecule has 2 saturated carbocycles. The minimum absolute atomic E-state index is 0.142. The maximum Gasteiger partial charge on any atom is 0.223 e. The summed E-state index contributed by atoms with van der Waals surface area (Å²) in [6, 6.07) is 0.636. The molecule has 1 amide bonds. The van der Waals surface area contributed by atoms with Crippen LogP contribution in [0.1, 0.15) is 65.2 Å². The Hall–Kier alpha value is -0.570. The van der Waals surface area contributed by atoms with E-state index in [9.17, 15) is 4.79 Å². The predicted octanol–water partition coefficient (Wildman–Crippen LogP) is 2.83. The van der Waals surface area contributed by atoms with Crippen LogP contribution in [0.5, 0.6) is 0 Å². The lowest BCUT2D eigenvalue weighted by molar-refractivity contribution is -0.129. The molecule has 0 saturated heterocycles. The molecule has 5 unspecified atom stereocenters. The lowest BCUT2D eigenvalue weighted by atomic mass is 9.77. The third-order valence-corrected chi connectivity index (χ3v) is 5.33. The van der Waals surface area contributed by atoms with Crippen LogP contribution in [0.25, 0.3) is 0 Å². The molecule has 0 aliphatic heterocycles. The van der Waals surface area contributed by atoms with E-state index in [-0.39, 0.29) is 17.9 Å². The molecule has 110 valence electrons. The Labute approximate surface area is 117 Å². The van der Waals surface area contributed by atoms with E-state index in [1.165, 1.54) is 25.7 Å². The van der Waals surface area contributed by atoms with Crippen molar-refractivity contribution < 1.29 is 4.79 Å². The van der Waals surface area contributed by atoms with Crippen molar-refractivity contribution in [1.29, 1.82) is 0 Å². The molecule has 3 heteroatoms. The molecule has 0 aromatic carbocycles. The summed E-state index contributed by atoms with van der Waals surface area (Å²) >= 11 is 0. The van der Waals surface area contributed by atoms with Crippen LogP contribution in [-0.2, 0) is 4.79 Å². The number of amides is 1. The van der Waals surface area contributed by atoms with Gasteiger partial charge >= 0.3 is 0 Å². The molecule has 0 spiro atoms. The van der Waals surface area contributed by atoms with Gasteiger partial charge in [0.25, 0.3) is 0 Å². The Morgan fingerprint density at radius 3 is 2.68 bits per heavy atom. The van der Waals surface area contributed by atoms with E-state index in [2.05, 4.69) is 19.2 Å². The van der Waals surface area contributed by atoms with Gasteiger partial charge in [-0.3, -0.25) is 4.79 Å². The van der Waals surface area contributed by atoms with Crippen LogP contribution in [0.3, 0.4) is 0 Å². The van der Waals surface area contributed by atoms with Gasteiger partial charge in [-0.25, -0.2) is 0 Å². The van der Waals surface area contributed by atoms with Crippen molar-refractivity contribution in [3.05, 3.63) is 0 Å². The Bertz CT molecular complexity index is 305. The molecule has 2 fully saturated rings. The largest absolute Gasteiger partial charge is 0.353 e. The van der Waals surface area contributed by atoms with Crippen LogP contribution in [0.4, 0.5) is 0 Å². The van der Waals surface area contributed by atoms with Gasteiger partial charge in [0.15, 0.2) is 0 Å². The zero-order chi connectivity index (χ0) is 13.8. The minimum Gasteiger partial charge on any atom is -0.353 e. The number of hydrogen-bond donors (Lipinski definition) is 2. The van der Waals surface area contributed by atoms with Gasteiger partial charge < -0.3 is 11.1 Å². The SMILES string of the molecule is CCC1CCCCC1NC(=O)C1CC(N)CCC1C. The van der Waals surface area contributed by atoms with Crippen molar-refractivity contribution >= 4 is 5.91 Å². The molecular weight excluding hydrogens is 236 g/mol. The minimum atomic E-state index is 0.142. The average Bonchev–Trinajstić information content (AvgIpc) is 2.42. The van der Waals surface area contributed by atoms with Crippen LogP contribution >= 0.6 is 0 Å². The van der Waals surface area contributed by atoms with Gasteiger partial charge in [-0.05, 0) is 43.9 Å². The number of hydrogen-bond acceptors (Lipinski definition) is 2. The second-order valence-corrected chi connectivity index (χ2v) is 6.72. The fourth-order valence-electron chi connectivity index (χ4n) is 3.90. The van der Waals surface area contributed by atoms with Gasteiger partial charge in [-0.1, -0.05) is 33.1 Å². The van der Waals surface area contributed by atoms with Crippen molar-refractivity contribution in [2.75, 3.05) is 0 Å². The Kier molecular flexibility index (Phi) is 5.26. The number of nitrogens with one attached hydrogen (secondary N) is 1. The smallest absolute Gasteiger partial charge is 0.223 e. The molecule has 0 heterocycles. The summed E-state index contributed by atoms with van der Waals surface area (Å²) in [7, 11) is 0. The highest BCUT2D eigenvalue weighted by molar-refractivity contribution is 5.79. The van der Waals surface area contributed by atoms with Crippen LogP contribution in [0, 0.1) is 17.8 Å². The monoisotopic (exact) mass is 266 g/mol. The van der Waals surface area contributed by atoms with Gasteiger partial charge in [-0.15, -0.1) is 0 Å². The first-order valence-corrected chi connectivity index (χ1v) is 8.17. The first-order chi connectivity index (χ1) is 9.11. The summed E-state index contributed by atoms with van der Waals surface area (Å²) in [6.45, 7) is 4.45. The third kappa shape index (κ3) is 3.71.